The summed E-state index contributed by atoms with van der Waals surface area (Å²) in [6, 6.07) is 8.13. The molecule has 1 aliphatic carbocycles. The summed E-state index contributed by atoms with van der Waals surface area (Å²) < 4.78 is 16.9. The van der Waals surface area contributed by atoms with Crippen LogP contribution in [0.5, 0.6) is 11.5 Å². The Bertz CT molecular complexity index is 973. The highest BCUT2D eigenvalue weighted by atomic mass is 16.5. The average Bonchev–Trinajstić information content (AvgIpc) is 2.90. The molecule has 0 unspecified atom stereocenters. The van der Waals surface area contributed by atoms with E-state index in [0.29, 0.717) is 6.42 Å². The van der Waals surface area contributed by atoms with Gasteiger partial charge in [0.25, 0.3) is 0 Å². The Kier molecular flexibility index (Phi) is 8.29. The standard InChI is InChI=1S/C28H39N3O4/c1-31-14-10-22(11-15-31)30-27(32)28(12-8-23(33-2)9-13-28)17-20-16-21(19-29-18-20)26-24(34-3)6-5-7-25(26)35-4/h5-7,16,18-19,22-23H,8-15,17H2,1-4H3,(H,30,32). The fourth-order valence-electron chi connectivity index (χ4n) is 5.60. The number of carbonyl (C=O) groups excluding carboxylic acids is 1. The van der Waals surface area contributed by atoms with Gasteiger partial charge >= 0.3 is 0 Å². The molecular weight excluding hydrogens is 442 g/mol. The van der Waals surface area contributed by atoms with Crippen LogP contribution in [0.3, 0.4) is 0 Å². The van der Waals surface area contributed by atoms with Crippen molar-refractivity contribution >= 4 is 5.91 Å². The van der Waals surface area contributed by atoms with Crippen molar-refractivity contribution in [1.82, 2.24) is 15.2 Å². The maximum Gasteiger partial charge on any atom is 0.226 e. The topological polar surface area (TPSA) is 72.9 Å². The van der Waals surface area contributed by atoms with E-state index in [0.717, 1.165) is 79.8 Å². The van der Waals surface area contributed by atoms with Gasteiger partial charge in [0.2, 0.25) is 5.91 Å². The third-order valence-corrected chi connectivity index (χ3v) is 7.81. The summed E-state index contributed by atoms with van der Waals surface area (Å²) in [4.78, 5) is 20.7. The summed E-state index contributed by atoms with van der Waals surface area (Å²) in [5, 5.41) is 3.42. The van der Waals surface area contributed by atoms with Crippen LogP contribution in [0.2, 0.25) is 0 Å². The van der Waals surface area contributed by atoms with E-state index in [1.807, 2.05) is 30.6 Å². The molecule has 7 heteroatoms. The highest BCUT2D eigenvalue weighted by Crippen LogP contribution is 2.42. The summed E-state index contributed by atoms with van der Waals surface area (Å²) >= 11 is 0. The summed E-state index contributed by atoms with van der Waals surface area (Å²) in [6.45, 7) is 2.05. The molecule has 0 bridgehead atoms. The van der Waals surface area contributed by atoms with Crippen LogP contribution < -0.4 is 14.8 Å². The molecule has 1 aromatic heterocycles. The SMILES string of the molecule is COc1cccc(OC)c1-c1cncc(CC2(C(=O)NC3CCN(C)CC3)CCC(OC)CC2)c1. The molecule has 1 saturated heterocycles. The zero-order chi connectivity index (χ0) is 24.8. The van der Waals surface area contributed by atoms with Crippen molar-refractivity contribution < 1.29 is 19.0 Å². The van der Waals surface area contributed by atoms with Crippen molar-refractivity contribution in [1.29, 1.82) is 0 Å². The minimum atomic E-state index is -0.455. The van der Waals surface area contributed by atoms with Crippen LogP contribution in [0, 0.1) is 5.41 Å². The first kappa shape index (κ1) is 25.5. The van der Waals surface area contributed by atoms with Crippen LogP contribution in [0.1, 0.15) is 44.1 Å². The van der Waals surface area contributed by atoms with Gasteiger partial charge in [-0.1, -0.05) is 6.07 Å². The minimum absolute atomic E-state index is 0.182. The number of piperidine rings is 1. The fourth-order valence-corrected chi connectivity index (χ4v) is 5.60. The van der Waals surface area contributed by atoms with E-state index in [1.165, 1.54) is 0 Å². The molecule has 0 radical (unpaired) electrons. The van der Waals surface area contributed by atoms with Gasteiger partial charge in [-0.3, -0.25) is 9.78 Å². The van der Waals surface area contributed by atoms with Gasteiger partial charge in [-0.15, -0.1) is 0 Å². The summed E-state index contributed by atoms with van der Waals surface area (Å²) in [5.41, 5.74) is 2.39. The molecule has 1 aliphatic heterocycles. The molecule has 2 fully saturated rings. The Morgan fingerprint density at radius 3 is 2.31 bits per heavy atom. The second-order valence-electron chi connectivity index (χ2n) is 10.1. The molecule has 190 valence electrons. The Morgan fingerprint density at radius 1 is 1.06 bits per heavy atom. The number of ether oxygens (including phenoxy) is 3. The van der Waals surface area contributed by atoms with Crippen LogP contribution in [-0.2, 0) is 16.0 Å². The second kappa shape index (κ2) is 11.4. The Hall–Kier alpha value is -2.64. The van der Waals surface area contributed by atoms with Crippen molar-refractivity contribution in [3.05, 3.63) is 42.2 Å². The van der Waals surface area contributed by atoms with Crippen molar-refractivity contribution in [3.8, 4) is 22.6 Å². The Labute approximate surface area is 209 Å². The van der Waals surface area contributed by atoms with E-state index in [2.05, 4.69) is 28.3 Å². The van der Waals surface area contributed by atoms with Crippen molar-refractivity contribution in [2.75, 3.05) is 41.5 Å². The second-order valence-corrected chi connectivity index (χ2v) is 10.1. The summed E-state index contributed by atoms with van der Waals surface area (Å²) in [5.74, 6) is 1.65. The van der Waals surface area contributed by atoms with Gasteiger partial charge in [0.05, 0.1) is 31.3 Å². The molecule has 1 amide bonds. The lowest BCUT2D eigenvalue weighted by molar-refractivity contribution is -0.135. The molecule has 1 N–H and O–H groups in total. The average molecular weight is 482 g/mol. The lowest BCUT2D eigenvalue weighted by Gasteiger charge is -2.40. The molecule has 2 aromatic rings. The third-order valence-electron chi connectivity index (χ3n) is 7.81. The number of hydrogen-bond acceptors (Lipinski definition) is 6. The van der Waals surface area contributed by atoms with Crippen molar-refractivity contribution in [2.45, 2.75) is 57.1 Å². The van der Waals surface area contributed by atoms with E-state index in [9.17, 15) is 4.79 Å². The molecule has 4 rings (SSSR count). The molecular formula is C28H39N3O4. The number of nitrogens with one attached hydrogen (secondary N) is 1. The summed E-state index contributed by atoms with van der Waals surface area (Å²) in [6.07, 6.45) is 10.0. The van der Waals surface area contributed by atoms with Crippen LogP contribution in [-0.4, -0.2) is 69.4 Å². The number of benzene rings is 1. The number of amides is 1. The maximum absolute atomic E-state index is 13.8. The van der Waals surface area contributed by atoms with Gasteiger partial charge in [-0.05, 0) is 88.8 Å². The van der Waals surface area contributed by atoms with E-state index >= 15 is 0 Å². The maximum atomic E-state index is 13.8. The fraction of sp³-hybridized carbons (Fsp3) is 0.571. The quantitative estimate of drug-likeness (QED) is 0.612. The Balaban J connectivity index is 1.60. The zero-order valence-corrected chi connectivity index (χ0v) is 21.5. The van der Waals surface area contributed by atoms with Crippen molar-refractivity contribution in [3.63, 3.8) is 0 Å². The van der Waals surface area contributed by atoms with Gasteiger partial charge in [0.1, 0.15) is 11.5 Å². The first-order chi connectivity index (χ1) is 17.0. The highest BCUT2D eigenvalue weighted by Gasteiger charge is 2.43. The largest absolute Gasteiger partial charge is 0.496 e. The number of nitrogens with zero attached hydrogens (tertiary/aromatic N) is 2. The van der Waals surface area contributed by atoms with Crippen LogP contribution in [0.25, 0.3) is 11.1 Å². The summed E-state index contributed by atoms with van der Waals surface area (Å²) in [7, 11) is 7.23. The molecule has 35 heavy (non-hydrogen) atoms. The van der Waals surface area contributed by atoms with Gasteiger partial charge in [0.15, 0.2) is 0 Å². The highest BCUT2D eigenvalue weighted by molar-refractivity contribution is 5.83. The number of carbonyl (C=O) groups is 1. The van der Waals surface area contributed by atoms with E-state index < -0.39 is 5.41 Å². The first-order valence-corrected chi connectivity index (χ1v) is 12.7. The monoisotopic (exact) mass is 481 g/mol. The minimum Gasteiger partial charge on any atom is -0.496 e. The zero-order valence-electron chi connectivity index (χ0n) is 21.5. The van der Waals surface area contributed by atoms with Gasteiger partial charge in [0, 0.05) is 31.1 Å². The Morgan fingerprint density at radius 2 is 1.71 bits per heavy atom. The van der Waals surface area contributed by atoms with E-state index in [1.54, 1.807) is 21.3 Å². The van der Waals surface area contributed by atoms with Gasteiger partial charge < -0.3 is 24.4 Å². The number of likely N-dealkylation sites (tertiary alicyclic amines) is 1. The normalized spacial score (nSPS) is 23.6. The van der Waals surface area contributed by atoms with Crippen molar-refractivity contribution in [2.24, 2.45) is 5.41 Å². The van der Waals surface area contributed by atoms with E-state index in [-0.39, 0.29) is 18.1 Å². The number of pyridine rings is 1. The van der Waals surface area contributed by atoms with Gasteiger partial charge in [-0.2, -0.15) is 0 Å². The molecule has 0 atom stereocenters. The molecule has 0 spiro atoms. The third kappa shape index (κ3) is 5.78. The lowest BCUT2D eigenvalue weighted by atomic mass is 9.68. The predicted molar refractivity (Wildman–Crippen MR) is 137 cm³/mol. The molecule has 2 heterocycles. The molecule has 2 aliphatic rings. The molecule has 1 saturated carbocycles. The number of aromatic nitrogens is 1. The van der Waals surface area contributed by atoms with Crippen LogP contribution in [0.15, 0.2) is 36.7 Å². The number of hydrogen-bond donors (Lipinski definition) is 1. The molecule has 1 aromatic carbocycles. The lowest BCUT2D eigenvalue weighted by Crippen LogP contribution is -2.51. The van der Waals surface area contributed by atoms with Crippen LogP contribution in [0.4, 0.5) is 0 Å². The van der Waals surface area contributed by atoms with E-state index in [4.69, 9.17) is 14.2 Å². The predicted octanol–water partition coefficient (Wildman–Crippen LogP) is 4.09. The smallest absolute Gasteiger partial charge is 0.226 e. The first-order valence-electron chi connectivity index (χ1n) is 12.7. The molecule has 7 nitrogen and oxygen atoms in total. The number of rotatable bonds is 8. The number of methoxy groups -OCH3 is 3. The van der Waals surface area contributed by atoms with Gasteiger partial charge in [-0.25, -0.2) is 0 Å². The van der Waals surface area contributed by atoms with Crippen LogP contribution >= 0.6 is 0 Å².